The van der Waals surface area contributed by atoms with Crippen molar-refractivity contribution in [3.05, 3.63) is 59.9 Å². The molecule has 1 N–H and O–H groups in total. The van der Waals surface area contributed by atoms with E-state index in [9.17, 15) is 17.6 Å². The van der Waals surface area contributed by atoms with Crippen LogP contribution in [-0.2, 0) is 14.8 Å². The maximum Gasteiger partial charge on any atom is 0.264 e. The van der Waals surface area contributed by atoms with Gasteiger partial charge in [-0.3, -0.25) is 9.10 Å². The first-order valence-electron chi connectivity index (χ1n) is 8.75. The van der Waals surface area contributed by atoms with Crippen LogP contribution < -0.4 is 9.62 Å². The zero-order valence-corrected chi connectivity index (χ0v) is 16.8. The number of hydrogen-bond acceptors (Lipinski definition) is 3. The van der Waals surface area contributed by atoms with Gasteiger partial charge in [-0.15, -0.1) is 0 Å². The highest BCUT2D eigenvalue weighted by Gasteiger charge is 2.27. The minimum absolute atomic E-state index is 0.0714. The van der Waals surface area contributed by atoms with Gasteiger partial charge in [0, 0.05) is 6.04 Å². The number of hydrogen-bond donors (Lipinski definition) is 1. The molecular formula is C20H25FN2O3S. The molecule has 0 bridgehead atoms. The molecule has 27 heavy (non-hydrogen) atoms. The minimum atomic E-state index is -3.98. The number of carbonyl (C=O) groups is 1. The molecule has 2 aromatic rings. The maximum atomic E-state index is 13.3. The second-order valence-corrected chi connectivity index (χ2v) is 8.76. The molecule has 0 aliphatic heterocycles. The highest BCUT2D eigenvalue weighted by atomic mass is 32.2. The van der Waals surface area contributed by atoms with Crippen molar-refractivity contribution in [2.24, 2.45) is 5.92 Å². The van der Waals surface area contributed by atoms with Gasteiger partial charge < -0.3 is 5.32 Å². The van der Waals surface area contributed by atoms with Gasteiger partial charge in [-0.2, -0.15) is 0 Å². The summed E-state index contributed by atoms with van der Waals surface area (Å²) < 4.78 is 40.6. The molecular weight excluding hydrogens is 367 g/mol. The molecule has 1 atom stereocenters. The third-order valence-electron chi connectivity index (χ3n) is 4.40. The molecule has 7 heteroatoms. The van der Waals surface area contributed by atoms with Crippen LogP contribution >= 0.6 is 0 Å². The fraction of sp³-hybridized carbons (Fsp3) is 0.350. The van der Waals surface area contributed by atoms with E-state index in [2.05, 4.69) is 5.32 Å². The average molecular weight is 392 g/mol. The molecule has 0 aliphatic carbocycles. The zero-order chi connectivity index (χ0) is 20.2. The number of rotatable bonds is 7. The third-order valence-corrected chi connectivity index (χ3v) is 6.19. The van der Waals surface area contributed by atoms with Crippen LogP contribution in [0.2, 0.25) is 0 Å². The van der Waals surface area contributed by atoms with Gasteiger partial charge in [0.15, 0.2) is 0 Å². The van der Waals surface area contributed by atoms with Crippen molar-refractivity contribution in [3.63, 3.8) is 0 Å². The lowest BCUT2D eigenvalue weighted by molar-refractivity contribution is -0.120. The van der Waals surface area contributed by atoms with Gasteiger partial charge >= 0.3 is 0 Å². The number of carbonyl (C=O) groups excluding carboxylic acids is 1. The summed E-state index contributed by atoms with van der Waals surface area (Å²) in [5.74, 6) is -0.692. The average Bonchev–Trinajstić information content (AvgIpc) is 2.60. The summed E-state index contributed by atoms with van der Waals surface area (Å²) >= 11 is 0. The summed E-state index contributed by atoms with van der Waals surface area (Å²) in [6.07, 6.45) is 0. The van der Waals surface area contributed by atoms with Crippen LogP contribution in [-0.4, -0.2) is 26.9 Å². The summed E-state index contributed by atoms with van der Waals surface area (Å²) in [5, 5.41) is 2.80. The SMILES string of the molecule is Cc1ccc(S(=O)(=O)N(CC(=O)N[C@@H](C)C(C)C)c2ccc(F)cc2)cc1. The van der Waals surface area contributed by atoms with Crippen molar-refractivity contribution in [2.45, 2.75) is 38.6 Å². The minimum Gasteiger partial charge on any atom is -0.352 e. The molecule has 2 aromatic carbocycles. The first kappa shape index (κ1) is 20.9. The van der Waals surface area contributed by atoms with E-state index in [1.807, 2.05) is 27.7 Å². The van der Waals surface area contributed by atoms with Gasteiger partial charge in [-0.25, -0.2) is 12.8 Å². The number of anilines is 1. The van der Waals surface area contributed by atoms with E-state index < -0.39 is 21.7 Å². The van der Waals surface area contributed by atoms with Crippen molar-refractivity contribution in [1.29, 1.82) is 0 Å². The molecule has 146 valence electrons. The molecule has 2 rings (SSSR count). The molecule has 1 amide bonds. The van der Waals surface area contributed by atoms with Gasteiger partial charge in [-0.1, -0.05) is 31.5 Å². The number of amides is 1. The van der Waals surface area contributed by atoms with E-state index in [1.54, 1.807) is 12.1 Å². The Balaban J connectivity index is 2.39. The smallest absolute Gasteiger partial charge is 0.264 e. The zero-order valence-electron chi connectivity index (χ0n) is 15.9. The summed E-state index contributed by atoms with van der Waals surface area (Å²) in [6, 6.07) is 11.3. The Morgan fingerprint density at radius 1 is 1.04 bits per heavy atom. The predicted octanol–water partition coefficient (Wildman–Crippen LogP) is 3.49. The molecule has 0 heterocycles. The van der Waals surface area contributed by atoms with E-state index in [0.29, 0.717) is 0 Å². The quantitative estimate of drug-likeness (QED) is 0.784. The number of halogens is 1. The van der Waals surface area contributed by atoms with E-state index >= 15 is 0 Å². The topological polar surface area (TPSA) is 66.5 Å². The van der Waals surface area contributed by atoms with Gasteiger partial charge in [-0.05, 0) is 56.2 Å². The molecule has 0 unspecified atom stereocenters. The second kappa shape index (κ2) is 8.52. The molecule has 5 nitrogen and oxygen atoms in total. The number of nitrogens with zero attached hydrogens (tertiary/aromatic N) is 1. The second-order valence-electron chi connectivity index (χ2n) is 6.90. The Morgan fingerprint density at radius 3 is 2.11 bits per heavy atom. The van der Waals surface area contributed by atoms with Gasteiger partial charge in [0.25, 0.3) is 10.0 Å². The Labute approximate surface area is 160 Å². The standard InChI is InChI=1S/C20H25FN2O3S/c1-14(2)16(4)22-20(24)13-23(18-9-7-17(21)8-10-18)27(25,26)19-11-5-15(3)6-12-19/h5-12,14,16H,13H2,1-4H3,(H,22,24)/t16-/m0/s1. The van der Waals surface area contributed by atoms with Crippen molar-refractivity contribution in [1.82, 2.24) is 5.32 Å². The Kier molecular flexibility index (Phi) is 6.59. The van der Waals surface area contributed by atoms with Crippen LogP contribution in [0.4, 0.5) is 10.1 Å². The van der Waals surface area contributed by atoms with E-state index in [4.69, 9.17) is 0 Å². The summed E-state index contributed by atoms with van der Waals surface area (Å²) in [5.41, 5.74) is 1.15. The Hall–Kier alpha value is -2.41. The molecule has 0 spiro atoms. The van der Waals surface area contributed by atoms with Crippen LogP contribution in [0.3, 0.4) is 0 Å². The predicted molar refractivity (Wildman–Crippen MR) is 105 cm³/mol. The van der Waals surface area contributed by atoms with Gasteiger partial charge in [0.2, 0.25) is 5.91 Å². The maximum absolute atomic E-state index is 13.3. The summed E-state index contributed by atoms with van der Waals surface area (Å²) in [7, 11) is -3.98. The lowest BCUT2D eigenvalue weighted by Gasteiger charge is -2.25. The molecule has 0 aromatic heterocycles. The van der Waals surface area contributed by atoms with Gasteiger partial charge in [0.1, 0.15) is 12.4 Å². The largest absolute Gasteiger partial charge is 0.352 e. The number of sulfonamides is 1. The highest BCUT2D eigenvalue weighted by molar-refractivity contribution is 7.92. The van der Waals surface area contributed by atoms with Crippen LogP contribution in [0.1, 0.15) is 26.3 Å². The van der Waals surface area contributed by atoms with Crippen molar-refractivity contribution < 1.29 is 17.6 Å². The van der Waals surface area contributed by atoms with Crippen LogP contribution in [0, 0.1) is 18.7 Å². The molecule has 0 radical (unpaired) electrons. The molecule has 0 saturated heterocycles. The molecule has 0 saturated carbocycles. The van der Waals surface area contributed by atoms with Crippen LogP contribution in [0.25, 0.3) is 0 Å². The Bertz CT molecular complexity index is 878. The number of aryl methyl sites for hydroxylation is 1. The fourth-order valence-electron chi connectivity index (χ4n) is 2.36. The summed E-state index contributed by atoms with van der Waals surface area (Å²) in [6.45, 7) is 7.25. The van der Waals surface area contributed by atoms with Crippen molar-refractivity contribution in [2.75, 3.05) is 10.8 Å². The van der Waals surface area contributed by atoms with E-state index in [0.717, 1.165) is 9.87 Å². The lowest BCUT2D eigenvalue weighted by atomic mass is 10.1. The third kappa shape index (κ3) is 5.29. The number of benzene rings is 2. The molecule has 0 aliphatic rings. The number of nitrogens with one attached hydrogen (secondary N) is 1. The van der Waals surface area contributed by atoms with Crippen molar-refractivity contribution >= 4 is 21.6 Å². The molecule has 0 fully saturated rings. The highest BCUT2D eigenvalue weighted by Crippen LogP contribution is 2.24. The van der Waals surface area contributed by atoms with Crippen LogP contribution in [0.15, 0.2) is 53.4 Å². The lowest BCUT2D eigenvalue weighted by Crippen LogP contribution is -2.45. The van der Waals surface area contributed by atoms with E-state index in [1.165, 1.54) is 36.4 Å². The van der Waals surface area contributed by atoms with Crippen LogP contribution in [0.5, 0.6) is 0 Å². The fourth-order valence-corrected chi connectivity index (χ4v) is 3.78. The normalized spacial score (nSPS) is 12.7. The monoisotopic (exact) mass is 392 g/mol. The Morgan fingerprint density at radius 2 is 1.59 bits per heavy atom. The van der Waals surface area contributed by atoms with Gasteiger partial charge in [0.05, 0.1) is 10.6 Å². The van der Waals surface area contributed by atoms with E-state index in [-0.39, 0.29) is 29.1 Å². The summed E-state index contributed by atoms with van der Waals surface area (Å²) in [4.78, 5) is 12.5. The van der Waals surface area contributed by atoms with Crippen molar-refractivity contribution in [3.8, 4) is 0 Å². The first-order chi connectivity index (χ1) is 12.6. The first-order valence-corrected chi connectivity index (χ1v) is 10.2.